The number of hydrogen-bond donors (Lipinski definition) is 0. The third kappa shape index (κ3) is 2.45. The molecule has 0 N–H and O–H groups in total. The van der Waals surface area contributed by atoms with E-state index in [-0.39, 0.29) is 0 Å². The van der Waals surface area contributed by atoms with Gasteiger partial charge in [0.05, 0.1) is 6.54 Å². The predicted molar refractivity (Wildman–Crippen MR) is 74.7 cm³/mol. The van der Waals surface area contributed by atoms with Crippen LogP contribution in [0.5, 0.6) is 0 Å². The van der Waals surface area contributed by atoms with Crippen LogP contribution in [-0.4, -0.2) is 9.78 Å². The van der Waals surface area contributed by atoms with Gasteiger partial charge in [-0.3, -0.25) is 4.68 Å². The summed E-state index contributed by atoms with van der Waals surface area (Å²) in [6.45, 7) is 7.34. The minimum atomic E-state index is 0.862. The molecule has 2 aromatic rings. The van der Waals surface area contributed by atoms with E-state index in [1.807, 2.05) is 16.9 Å². The van der Waals surface area contributed by atoms with Gasteiger partial charge in [-0.15, -0.1) is 0 Å². The van der Waals surface area contributed by atoms with Crippen molar-refractivity contribution in [1.82, 2.24) is 9.78 Å². The molecular weight excluding hydrogens is 311 g/mol. The minimum absolute atomic E-state index is 0.862. The fraction of sp³-hybridized carbons (Fsp3) is 0.308. The van der Waals surface area contributed by atoms with Crippen LogP contribution in [0.3, 0.4) is 0 Å². The first-order valence-corrected chi connectivity index (χ1v) is 6.40. The van der Waals surface area contributed by atoms with Crippen molar-refractivity contribution < 1.29 is 0 Å². The van der Waals surface area contributed by atoms with Gasteiger partial charge in [-0.05, 0) is 66.1 Å². The van der Waals surface area contributed by atoms with Crippen molar-refractivity contribution in [3.63, 3.8) is 0 Å². The monoisotopic (exact) mass is 326 g/mol. The van der Waals surface area contributed by atoms with Crippen molar-refractivity contribution >= 4 is 22.6 Å². The molecule has 3 heteroatoms. The SMILES string of the molecule is Cc1cc(C)c(Cn2ccc(I)n2)c(C)c1. The van der Waals surface area contributed by atoms with Gasteiger partial charge in [0, 0.05) is 6.20 Å². The predicted octanol–water partition coefficient (Wildman–Crippen LogP) is 3.46. The van der Waals surface area contributed by atoms with Crippen molar-refractivity contribution in [3.8, 4) is 0 Å². The summed E-state index contributed by atoms with van der Waals surface area (Å²) < 4.78 is 3.03. The first-order chi connectivity index (χ1) is 7.56. The van der Waals surface area contributed by atoms with Gasteiger partial charge in [0.1, 0.15) is 3.70 Å². The van der Waals surface area contributed by atoms with Crippen LogP contribution in [0, 0.1) is 24.5 Å². The second-order valence-electron chi connectivity index (χ2n) is 4.21. The van der Waals surface area contributed by atoms with Gasteiger partial charge in [0.15, 0.2) is 0 Å². The van der Waals surface area contributed by atoms with E-state index in [0.717, 1.165) is 10.2 Å². The highest BCUT2D eigenvalue weighted by Gasteiger charge is 2.05. The van der Waals surface area contributed by atoms with Crippen molar-refractivity contribution in [2.45, 2.75) is 27.3 Å². The standard InChI is InChI=1S/C13H15IN2/c1-9-6-10(2)12(11(3)7-9)8-16-5-4-13(14)15-16/h4-7H,8H2,1-3H3. The summed E-state index contributed by atoms with van der Waals surface area (Å²) in [4.78, 5) is 0. The summed E-state index contributed by atoms with van der Waals surface area (Å²) >= 11 is 2.23. The van der Waals surface area contributed by atoms with E-state index in [1.54, 1.807) is 0 Å². The van der Waals surface area contributed by atoms with E-state index in [0.29, 0.717) is 0 Å². The molecule has 2 rings (SSSR count). The Bertz CT molecular complexity index is 491. The molecule has 0 fully saturated rings. The summed E-state index contributed by atoms with van der Waals surface area (Å²) in [7, 11) is 0. The summed E-state index contributed by atoms with van der Waals surface area (Å²) in [5.74, 6) is 0. The molecular formula is C13H15IN2. The fourth-order valence-electron chi connectivity index (χ4n) is 2.05. The van der Waals surface area contributed by atoms with Gasteiger partial charge in [0.2, 0.25) is 0 Å². The largest absolute Gasteiger partial charge is 0.267 e. The Hall–Kier alpha value is -0.840. The molecule has 0 spiro atoms. The lowest BCUT2D eigenvalue weighted by molar-refractivity contribution is 0.675. The van der Waals surface area contributed by atoms with E-state index >= 15 is 0 Å². The maximum atomic E-state index is 4.41. The van der Waals surface area contributed by atoms with Crippen molar-refractivity contribution in [1.29, 1.82) is 0 Å². The Morgan fingerprint density at radius 1 is 1.19 bits per heavy atom. The molecule has 0 unspecified atom stereocenters. The lowest BCUT2D eigenvalue weighted by Gasteiger charge is -2.11. The summed E-state index contributed by atoms with van der Waals surface area (Å²) in [5.41, 5.74) is 5.41. The smallest absolute Gasteiger partial charge is 0.123 e. The maximum Gasteiger partial charge on any atom is 0.123 e. The zero-order valence-corrected chi connectivity index (χ0v) is 11.9. The van der Waals surface area contributed by atoms with Crippen LogP contribution >= 0.6 is 22.6 Å². The van der Waals surface area contributed by atoms with E-state index in [9.17, 15) is 0 Å². The Balaban J connectivity index is 2.34. The van der Waals surface area contributed by atoms with Crippen LogP contribution in [-0.2, 0) is 6.54 Å². The van der Waals surface area contributed by atoms with E-state index in [2.05, 4.69) is 60.6 Å². The van der Waals surface area contributed by atoms with Crippen LogP contribution in [0.4, 0.5) is 0 Å². The van der Waals surface area contributed by atoms with Crippen molar-refractivity contribution in [2.75, 3.05) is 0 Å². The molecule has 0 amide bonds. The van der Waals surface area contributed by atoms with Gasteiger partial charge in [-0.2, -0.15) is 5.10 Å². The number of nitrogens with zero attached hydrogens (tertiary/aromatic N) is 2. The second-order valence-corrected chi connectivity index (χ2v) is 5.32. The number of halogens is 1. The molecule has 0 aliphatic carbocycles. The normalized spacial score (nSPS) is 10.8. The third-order valence-corrected chi connectivity index (χ3v) is 3.34. The third-order valence-electron chi connectivity index (χ3n) is 2.77. The molecule has 0 atom stereocenters. The van der Waals surface area contributed by atoms with Gasteiger partial charge in [-0.25, -0.2) is 0 Å². The second kappa shape index (κ2) is 4.57. The highest BCUT2D eigenvalue weighted by molar-refractivity contribution is 14.1. The summed E-state index contributed by atoms with van der Waals surface area (Å²) in [5, 5.41) is 4.41. The van der Waals surface area contributed by atoms with Gasteiger partial charge in [-0.1, -0.05) is 17.7 Å². The van der Waals surface area contributed by atoms with E-state index < -0.39 is 0 Å². The number of aryl methyl sites for hydroxylation is 3. The summed E-state index contributed by atoms with van der Waals surface area (Å²) in [6.07, 6.45) is 2.03. The molecule has 0 aliphatic heterocycles. The Morgan fingerprint density at radius 2 is 1.81 bits per heavy atom. The molecule has 0 radical (unpaired) electrons. The average molecular weight is 326 g/mol. The van der Waals surface area contributed by atoms with Gasteiger partial charge >= 0.3 is 0 Å². The molecule has 1 heterocycles. The lowest BCUT2D eigenvalue weighted by atomic mass is 10.00. The van der Waals surface area contributed by atoms with Gasteiger partial charge in [0.25, 0.3) is 0 Å². The van der Waals surface area contributed by atoms with Crippen LogP contribution in [0.25, 0.3) is 0 Å². The number of hydrogen-bond acceptors (Lipinski definition) is 1. The Labute approximate surface area is 110 Å². The first kappa shape index (κ1) is 11.6. The molecule has 0 saturated carbocycles. The molecule has 2 nitrogen and oxygen atoms in total. The minimum Gasteiger partial charge on any atom is -0.267 e. The highest BCUT2D eigenvalue weighted by atomic mass is 127. The molecule has 16 heavy (non-hydrogen) atoms. The van der Waals surface area contributed by atoms with Gasteiger partial charge < -0.3 is 0 Å². The number of aromatic nitrogens is 2. The molecule has 84 valence electrons. The van der Waals surface area contributed by atoms with Crippen molar-refractivity contribution in [2.24, 2.45) is 0 Å². The highest BCUT2D eigenvalue weighted by Crippen LogP contribution is 2.17. The quantitative estimate of drug-likeness (QED) is 0.773. The molecule has 1 aromatic heterocycles. The van der Waals surface area contributed by atoms with Crippen LogP contribution in [0.1, 0.15) is 22.3 Å². The van der Waals surface area contributed by atoms with Crippen molar-refractivity contribution in [3.05, 3.63) is 50.4 Å². The van der Waals surface area contributed by atoms with Crippen LogP contribution in [0.2, 0.25) is 0 Å². The fourth-order valence-corrected chi connectivity index (χ4v) is 2.48. The van der Waals surface area contributed by atoms with Crippen LogP contribution < -0.4 is 0 Å². The zero-order chi connectivity index (χ0) is 11.7. The first-order valence-electron chi connectivity index (χ1n) is 5.32. The zero-order valence-electron chi connectivity index (χ0n) is 9.79. The van der Waals surface area contributed by atoms with Crippen LogP contribution in [0.15, 0.2) is 24.4 Å². The Morgan fingerprint density at radius 3 is 2.31 bits per heavy atom. The average Bonchev–Trinajstić information content (AvgIpc) is 2.58. The molecule has 0 aliphatic rings. The topological polar surface area (TPSA) is 17.8 Å². The lowest BCUT2D eigenvalue weighted by Crippen LogP contribution is -2.04. The molecule has 1 aromatic carbocycles. The molecule has 0 bridgehead atoms. The number of rotatable bonds is 2. The summed E-state index contributed by atoms with van der Waals surface area (Å²) in [6, 6.07) is 6.49. The van der Waals surface area contributed by atoms with E-state index in [4.69, 9.17) is 0 Å². The number of benzene rings is 1. The molecule has 0 saturated heterocycles. The van der Waals surface area contributed by atoms with E-state index in [1.165, 1.54) is 22.3 Å². The Kier molecular flexibility index (Phi) is 3.33. The maximum absolute atomic E-state index is 4.41.